The van der Waals surface area contributed by atoms with Crippen molar-refractivity contribution in [3.05, 3.63) is 0 Å². The first-order chi connectivity index (χ1) is 7.11. The molecular weight excluding hydrogens is 186 g/mol. The third kappa shape index (κ3) is 3.76. The van der Waals surface area contributed by atoms with E-state index in [1.54, 1.807) is 0 Å². The van der Waals surface area contributed by atoms with Gasteiger partial charge in [0.1, 0.15) is 0 Å². The topological polar surface area (TPSA) is 32.3 Å². The maximum atomic E-state index is 10.2. The predicted octanol–water partition coefficient (Wildman–Crippen LogP) is 2.71. The van der Waals surface area contributed by atoms with Crippen molar-refractivity contribution in [2.45, 2.75) is 70.9 Å². The molecule has 2 nitrogen and oxygen atoms in total. The van der Waals surface area contributed by atoms with Gasteiger partial charge in [-0.25, -0.2) is 0 Å². The lowest BCUT2D eigenvalue weighted by Crippen LogP contribution is -2.44. The lowest BCUT2D eigenvalue weighted by molar-refractivity contribution is 0.0285. The first-order valence-corrected chi connectivity index (χ1v) is 6.57. The standard InChI is InChI=1S/C13H27NO/c1-4-13(15,5-2)10-14-11(3)12-8-6-7-9-12/h11-12,14-15H,4-10H2,1-3H3/t11-/m1/s1. The first kappa shape index (κ1) is 13.0. The summed E-state index contributed by atoms with van der Waals surface area (Å²) >= 11 is 0. The van der Waals surface area contributed by atoms with Gasteiger partial charge in [-0.1, -0.05) is 26.7 Å². The highest BCUT2D eigenvalue weighted by atomic mass is 16.3. The van der Waals surface area contributed by atoms with Crippen molar-refractivity contribution < 1.29 is 5.11 Å². The summed E-state index contributed by atoms with van der Waals surface area (Å²) in [4.78, 5) is 0. The molecule has 0 aliphatic heterocycles. The third-order valence-electron chi connectivity index (χ3n) is 4.18. The molecule has 0 aromatic heterocycles. The molecule has 0 unspecified atom stereocenters. The van der Waals surface area contributed by atoms with E-state index in [0.717, 1.165) is 25.3 Å². The van der Waals surface area contributed by atoms with E-state index in [1.807, 2.05) is 0 Å². The molecule has 15 heavy (non-hydrogen) atoms. The summed E-state index contributed by atoms with van der Waals surface area (Å²) in [6, 6.07) is 0.567. The monoisotopic (exact) mass is 213 g/mol. The van der Waals surface area contributed by atoms with E-state index in [-0.39, 0.29) is 0 Å². The Balaban J connectivity index is 2.28. The fourth-order valence-electron chi connectivity index (χ4n) is 2.48. The van der Waals surface area contributed by atoms with Gasteiger partial charge in [-0.2, -0.15) is 0 Å². The van der Waals surface area contributed by atoms with Crippen LogP contribution in [0, 0.1) is 5.92 Å². The van der Waals surface area contributed by atoms with Crippen LogP contribution >= 0.6 is 0 Å². The fraction of sp³-hybridized carbons (Fsp3) is 1.00. The smallest absolute Gasteiger partial charge is 0.0766 e. The second-order valence-electron chi connectivity index (χ2n) is 5.15. The average Bonchev–Trinajstić information content (AvgIpc) is 2.79. The highest BCUT2D eigenvalue weighted by molar-refractivity contribution is 4.83. The average molecular weight is 213 g/mol. The Morgan fingerprint density at radius 3 is 2.27 bits per heavy atom. The molecular formula is C13H27NO. The quantitative estimate of drug-likeness (QED) is 0.711. The van der Waals surface area contributed by atoms with Gasteiger partial charge in [0.15, 0.2) is 0 Å². The molecule has 2 N–H and O–H groups in total. The van der Waals surface area contributed by atoms with Crippen LogP contribution in [0.25, 0.3) is 0 Å². The molecule has 2 heteroatoms. The van der Waals surface area contributed by atoms with E-state index in [2.05, 4.69) is 26.1 Å². The molecule has 0 saturated heterocycles. The highest BCUT2D eigenvalue weighted by Crippen LogP contribution is 2.27. The Morgan fingerprint density at radius 1 is 1.27 bits per heavy atom. The lowest BCUT2D eigenvalue weighted by Gasteiger charge is -2.29. The van der Waals surface area contributed by atoms with Crippen molar-refractivity contribution in [2.75, 3.05) is 6.54 Å². The molecule has 1 saturated carbocycles. The largest absolute Gasteiger partial charge is 0.389 e. The third-order valence-corrected chi connectivity index (χ3v) is 4.18. The predicted molar refractivity (Wildman–Crippen MR) is 65.0 cm³/mol. The number of aliphatic hydroxyl groups is 1. The lowest BCUT2D eigenvalue weighted by atomic mass is 9.95. The summed E-state index contributed by atoms with van der Waals surface area (Å²) in [5, 5.41) is 13.7. The van der Waals surface area contributed by atoms with Crippen molar-refractivity contribution in [1.82, 2.24) is 5.32 Å². The van der Waals surface area contributed by atoms with Gasteiger partial charge >= 0.3 is 0 Å². The zero-order chi connectivity index (χ0) is 11.3. The molecule has 0 radical (unpaired) electrons. The molecule has 0 heterocycles. The molecule has 0 bridgehead atoms. The molecule has 1 atom stereocenters. The van der Waals surface area contributed by atoms with Gasteiger partial charge in [0.2, 0.25) is 0 Å². The second kappa shape index (κ2) is 5.86. The summed E-state index contributed by atoms with van der Waals surface area (Å²) in [5.41, 5.74) is -0.493. The molecule has 90 valence electrons. The minimum Gasteiger partial charge on any atom is -0.389 e. The maximum Gasteiger partial charge on any atom is 0.0766 e. The zero-order valence-corrected chi connectivity index (χ0v) is 10.6. The molecule has 1 fully saturated rings. The zero-order valence-electron chi connectivity index (χ0n) is 10.6. The first-order valence-electron chi connectivity index (χ1n) is 6.57. The van der Waals surface area contributed by atoms with Crippen LogP contribution in [0.3, 0.4) is 0 Å². The second-order valence-corrected chi connectivity index (χ2v) is 5.15. The fourth-order valence-corrected chi connectivity index (χ4v) is 2.48. The Kier molecular flexibility index (Phi) is 5.07. The van der Waals surface area contributed by atoms with E-state index in [4.69, 9.17) is 0 Å². The van der Waals surface area contributed by atoms with Crippen LogP contribution in [-0.4, -0.2) is 23.3 Å². The SMILES string of the molecule is CCC(O)(CC)CN[C@H](C)C1CCCC1. The minimum absolute atomic E-state index is 0.493. The summed E-state index contributed by atoms with van der Waals surface area (Å²) in [6.45, 7) is 7.14. The molecule has 0 spiro atoms. The molecule has 1 aliphatic carbocycles. The van der Waals surface area contributed by atoms with Gasteiger partial charge < -0.3 is 10.4 Å². The van der Waals surface area contributed by atoms with Gasteiger partial charge in [-0.15, -0.1) is 0 Å². The molecule has 0 aromatic rings. The number of rotatable bonds is 6. The highest BCUT2D eigenvalue weighted by Gasteiger charge is 2.26. The Hall–Kier alpha value is -0.0800. The maximum absolute atomic E-state index is 10.2. The van der Waals surface area contributed by atoms with E-state index in [1.165, 1.54) is 25.7 Å². The van der Waals surface area contributed by atoms with Crippen molar-refractivity contribution >= 4 is 0 Å². The minimum atomic E-state index is -0.493. The molecule has 0 amide bonds. The summed E-state index contributed by atoms with van der Waals surface area (Å²) in [6.07, 6.45) is 7.20. The van der Waals surface area contributed by atoms with E-state index in [9.17, 15) is 5.11 Å². The van der Waals surface area contributed by atoms with Crippen LogP contribution in [0.4, 0.5) is 0 Å². The Labute approximate surface area is 94.5 Å². The van der Waals surface area contributed by atoms with Crippen LogP contribution < -0.4 is 5.32 Å². The Bertz CT molecular complexity index is 171. The Morgan fingerprint density at radius 2 is 1.80 bits per heavy atom. The van der Waals surface area contributed by atoms with Crippen molar-refractivity contribution in [2.24, 2.45) is 5.92 Å². The number of hydrogen-bond donors (Lipinski definition) is 2. The number of hydrogen-bond acceptors (Lipinski definition) is 2. The van der Waals surface area contributed by atoms with Gasteiger partial charge in [0.25, 0.3) is 0 Å². The molecule has 1 aliphatic rings. The van der Waals surface area contributed by atoms with Gasteiger partial charge in [0.05, 0.1) is 5.60 Å². The van der Waals surface area contributed by atoms with Gasteiger partial charge in [-0.05, 0) is 38.5 Å². The van der Waals surface area contributed by atoms with Crippen molar-refractivity contribution in [3.8, 4) is 0 Å². The van der Waals surface area contributed by atoms with Gasteiger partial charge in [0, 0.05) is 12.6 Å². The van der Waals surface area contributed by atoms with Crippen LogP contribution in [0.15, 0.2) is 0 Å². The van der Waals surface area contributed by atoms with Crippen LogP contribution in [-0.2, 0) is 0 Å². The van der Waals surface area contributed by atoms with Crippen LogP contribution in [0.1, 0.15) is 59.3 Å². The van der Waals surface area contributed by atoms with Crippen LogP contribution in [0.5, 0.6) is 0 Å². The van der Waals surface area contributed by atoms with Crippen molar-refractivity contribution in [3.63, 3.8) is 0 Å². The van der Waals surface area contributed by atoms with E-state index < -0.39 is 5.60 Å². The summed E-state index contributed by atoms with van der Waals surface area (Å²) in [5.74, 6) is 0.836. The normalized spacial score (nSPS) is 20.8. The van der Waals surface area contributed by atoms with Gasteiger partial charge in [-0.3, -0.25) is 0 Å². The van der Waals surface area contributed by atoms with Crippen molar-refractivity contribution in [1.29, 1.82) is 0 Å². The summed E-state index contributed by atoms with van der Waals surface area (Å²) < 4.78 is 0. The molecule has 1 rings (SSSR count). The molecule has 0 aromatic carbocycles. The van der Waals surface area contributed by atoms with E-state index in [0.29, 0.717) is 6.04 Å². The van der Waals surface area contributed by atoms with Crippen LogP contribution in [0.2, 0.25) is 0 Å². The van der Waals surface area contributed by atoms with E-state index >= 15 is 0 Å². The summed E-state index contributed by atoms with van der Waals surface area (Å²) in [7, 11) is 0. The number of nitrogens with one attached hydrogen (secondary N) is 1.